The molecule has 2 aliphatic rings. The van der Waals surface area contributed by atoms with Gasteiger partial charge in [0.2, 0.25) is 11.5 Å². The predicted octanol–water partition coefficient (Wildman–Crippen LogP) is 7.16. The maximum Gasteiger partial charge on any atom is 0.434 e. The fourth-order valence-electron chi connectivity index (χ4n) is 3.66. The van der Waals surface area contributed by atoms with Crippen molar-refractivity contribution in [3.63, 3.8) is 0 Å². The van der Waals surface area contributed by atoms with Gasteiger partial charge in [0.25, 0.3) is 0 Å². The Hall–Kier alpha value is -2.66. The standard InChI is InChI=1S/C25H23Cl3F3N3O4/c1-23(2,3)37-22(36)34(32-21(35)13-4-5-13)20-8-14(6-7-18(20)28)19-12-24(38-33-19,25(29,30)31)15-9-16(26)11-17(27)10-15/h6-13,33H,4-5H2,1-3H3,(H,32,35). The molecule has 1 fully saturated rings. The van der Waals surface area contributed by atoms with Crippen LogP contribution in [0, 0.1) is 5.92 Å². The molecule has 2 amide bonds. The van der Waals surface area contributed by atoms with Crippen molar-refractivity contribution in [1.29, 1.82) is 0 Å². The van der Waals surface area contributed by atoms with Gasteiger partial charge in [-0.1, -0.05) is 40.9 Å². The second kappa shape index (κ2) is 10.1. The van der Waals surface area contributed by atoms with Gasteiger partial charge in [0.1, 0.15) is 5.60 Å². The fourth-order valence-corrected chi connectivity index (χ4v) is 4.39. The number of halogens is 6. The van der Waals surface area contributed by atoms with Crippen molar-refractivity contribution in [1.82, 2.24) is 10.9 Å². The number of ether oxygens (including phenoxy) is 1. The summed E-state index contributed by atoms with van der Waals surface area (Å²) in [5.74, 6) is -0.667. The molecule has 2 aromatic rings. The second-order valence-corrected chi connectivity index (χ2v) is 11.2. The maximum atomic E-state index is 14.4. The minimum absolute atomic E-state index is 0.00485. The summed E-state index contributed by atoms with van der Waals surface area (Å²) in [6.07, 6.45) is -3.66. The van der Waals surface area contributed by atoms with E-state index in [2.05, 4.69) is 10.9 Å². The molecular weight excluding hydrogens is 570 g/mol. The lowest BCUT2D eigenvalue weighted by Crippen LogP contribution is -2.49. The monoisotopic (exact) mass is 591 g/mol. The van der Waals surface area contributed by atoms with Crippen LogP contribution in [0.1, 0.15) is 44.7 Å². The van der Waals surface area contributed by atoms with E-state index in [1.54, 1.807) is 20.8 Å². The maximum absolute atomic E-state index is 14.4. The van der Waals surface area contributed by atoms with E-state index in [9.17, 15) is 22.8 Å². The quantitative estimate of drug-likeness (QED) is 0.368. The first-order chi connectivity index (χ1) is 17.6. The molecule has 1 unspecified atom stereocenters. The Morgan fingerprint density at radius 2 is 1.71 bits per heavy atom. The van der Waals surface area contributed by atoms with Crippen LogP contribution in [0.4, 0.5) is 23.7 Å². The summed E-state index contributed by atoms with van der Waals surface area (Å²) in [4.78, 5) is 30.7. The Bertz CT molecular complexity index is 1290. The third kappa shape index (κ3) is 5.98. The normalized spacial score (nSPS) is 19.4. The van der Waals surface area contributed by atoms with Gasteiger partial charge < -0.3 is 4.74 Å². The number of hydrazine groups is 1. The number of hydrogen-bond donors (Lipinski definition) is 2. The van der Waals surface area contributed by atoms with Crippen molar-refractivity contribution in [2.45, 2.75) is 51.0 Å². The first kappa shape index (κ1) is 28.4. The summed E-state index contributed by atoms with van der Waals surface area (Å²) in [5.41, 5.74) is 0.763. The largest absolute Gasteiger partial charge is 0.442 e. The molecule has 0 saturated heterocycles. The molecule has 2 aromatic carbocycles. The molecule has 7 nitrogen and oxygen atoms in total. The molecule has 2 N–H and O–H groups in total. The zero-order valence-corrected chi connectivity index (χ0v) is 22.6. The number of hydrogen-bond acceptors (Lipinski definition) is 5. The van der Waals surface area contributed by atoms with Crippen molar-refractivity contribution in [3.8, 4) is 0 Å². The Balaban J connectivity index is 1.77. The molecule has 0 radical (unpaired) electrons. The summed E-state index contributed by atoms with van der Waals surface area (Å²) in [5, 5.41) is 0.880. The number of hydroxylamine groups is 1. The number of amides is 2. The lowest BCUT2D eigenvalue weighted by Gasteiger charge is -2.28. The third-order valence-electron chi connectivity index (χ3n) is 5.63. The molecule has 1 heterocycles. The molecule has 0 spiro atoms. The lowest BCUT2D eigenvalue weighted by atomic mass is 9.91. The summed E-state index contributed by atoms with van der Waals surface area (Å²) >= 11 is 18.3. The third-order valence-corrected chi connectivity index (χ3v) is 6.38. The van der Waals surface area contributed by atoms with Crippen LogP contribution in [0.25, 0.3) is 5.70 Å². The molecule has 4 rings (SSSR count). The van der Waals surface area contributed by atoms with E-state index < -0.39 is 29.4 Å². The van der Waals surface area contributed by atoms with Gasteiger partial charge in [0.05, 0.1) is 16.4 Å². The Kier molecular flexibility index (Phi) is 7.57. The Labute approximate surface area is 231 Å². The highest BCUT2D eigenvalue weighted by atomic mass is 35.5. The number of carbonyl (C=O) groups excluding carboxylic acids is 2. The lowest BCUT2D eigenvalue weighted by molar-refractivity contribution is -0.269. The molecular formula is C25H23Cl3F3N3O4. The van der Waals surface area contributed by atoms with Gasteiger partial charge in [-0.25, -0.2) is 4.79 Å². The summed E-state index contributed by atoms with van der Waals surface area (Å²) in [6.45, 7) is 4.94. The zero-order chi connectivity index (χ0) is 28.0. The molecule has 13 heteroatoms. The first-order valence-electron chi connectivity index (χ1n) is 11.4. The number of rotatable bonds is 4. The predicted molar refractivity (Wildman–Crippen MR) is 137 cm³/mol. The topological polar surface area (TPSA) is 79.9 Å². The smallest absolute Gasteiger partial charge is 0.434 e. The van der Waals surface area contributed by atoms with Crippen molar-refractivity contribution in [2.24, 2.45) is 5.92 Å². The highest BCUT2D eigenvalue weighted by Gasteiger charge is 2.59. The molecule has 204 valence electrons. The van der Waals surface area contributed by atoms with Crippen LogP contribution >= 0.6 is 34.8 Å². The van der Waals surface area contributed by atoms with E-state index in [0.717, 1.165) is 23.2 Å². The molecule has 0 bridgehead atoms. The second-order valence-electron chi connectivity index (χ2n) is 9.89. The number of carbonyl (C=O) groups is 2. The van der Waals surface area contributed by atoms with E-state index in [4.69, 9.17) is 44.4 Å². The van der Waals surface area contributed by atoms with Crippen LogP contribution in [0.15, 0.2) is 42.5 Å². The number of nitrogens with one attached hydrogen (secondary N) is 2. The number of anilines is 1. The number of nitrogens with zero attached hydrogens (tertiary/aromatic N) is 1. The highest BCUT2D eigenvalue weighted by molar-refractivity contribution is 6.35. The van der Waals surface area contributed by atoms with Gasteiger partial charge >= 0.3 is 12.3 Å². The number of benzene rings is 2. The minimum atomic E-state index is -4.91. The minimum Gasteiger partial charge on any atom is -0.442 e. The molecule has 1 aliphatic heterocycles. The average molecular weight is 593 g/mol. The van der Waals surface area contributed by atoms with Gasteiger partial charge in [0.15, 0.2) is 0 Å². The average Bonchev–Trinajstić information content (AvgIpc) is 3.53. The van der Waals surface area contributed by atoms with Crippen molar-refractivity contribution < 1.29 is 32.3 Å². The van der Waals surface area contributed by atoms with Crippen molar-refractivity contribution in [2.75, 3.05) is 5.01 Å². The van der Waals surface area contributed by atoms with Gasteiger partial charge in [-0.05, 0) is 70.0 Å². The molecule has 1 atom stereocenters. The Morgan fingerprint density at radius 3 is 2.26 bits per heavy atom. The first-order valence-corrected chi connectivity index (χ1v) is 12.6. The van der Waals surface area contributed by atoms with Crippen LogP contribution in [0.5, 0.6) is 0 Å². The molecule has 38 heavy (non-hydrogen) atoms. The summed E-state index contributed by atoms with van der Waals surface area (Å²) < 4.78 is 48.6. The number of alkyl halides is 3. The van der Waals surface area contributed by atoms with Gasteiger partial charge in [-0.15, -0.1) is 0 Å². The Morgan fingerprint density at radius 1 is 1.08 bits per heavy atom. The zero-order valence-electron chi connectivity index (χ0n) is 20.4. The fraction of sp³-hybridized carbons (Fsp3) is 0.360. The highest BCUT2D eigenvalue weighted by Crippen LogP contribution is 2.48. The van der Waals surface area contributed by atoms with Gasteiger partial charge in [-0.2, -0.15) is 18.2 Å². The summed E-state index contributed by atoms with van der Waals surface area (Å²) in [6, 6.07) is 7.65. The van der Waals surface area contributed by atoms with Crippen molar-refractivity contribution >= 4 is 58.2 Å². The van der Waals surface area contributed by atoms with E-state index in [1.165, 1.54) is 24.3 Å². The van der Waals surface area contributed by atoms with Crippen LogP contribution in [0.2, 0.25) is 15.1 Å². The SMILES string of the molecule is CC(C)(C)OC(=O)N(NC(=O)C1CC1)c1cc(C2=CC(c3cc(Cl)cc(Cl)c3)(C(F)(F)F)ON2)ccc1Cl. The van der Waals surface area contributed by atoms with Crippen LogP contribution in [0.3, 0.4) is 0 Å². The van der Waals surface area contributed by atoms with Crippen LogP contribution < -0.4 is 15.9 Å². The summed E-state index contributed by atoms with van der Waals surface area (Å²) in [7, 11) is 0. The van der Waals surface area contributed by atoms with E-state index >= 15 is 0 Å². The van der Waals surface area contributed by atoms with E-state index in [0.29, 0.717) is 12.8 Å². The van der Waals surface area contributed by atoms with Crippen LogP contribution in [-0.2, 0) is 20.0 Å². The molecule has 1 saturated carbocycles. The molecule has 1 aliphatic carbocycles. The van der Waals surface area contributed by atoms with E-state index in [-0.39, 0.29) is 43.5 Å². The molecule has 0 aromatic heterocycles. The van der Waals surface area contributed by atoms with Crippen molar-refractivity contribution in [3.05, 3.63) is 68.7 Å². The van der Waals surface area contributed by atoms with Gasteiger partial charge in [0, 0.05) is 27.1 Å². The van der Waals surface area contributed by atoms with Gasteiger partial charge in [-0.3, -0.25) is 20.5 Å². The van der Waals surface area contributed by atoms with Crippen LogP contribution in [-0.4, -0.2) is 23.8 Å². The van der Waals surface area contributed by atoms with E-state index in [1.807, 2.05) is 0 Å².